The normalized spacial score (nSPS) is 13.7. The summed E-state index contributed by atoms with van der Waals surface area (Å²) in [6.07, 6.45) is 7.27. The van der Waals surface area contributed by atoms with Crippen LogP contribution < -0.4 is 4.74 Å². The minimum Gasteiger partial charge on any atom is -0.496 e. The number of methoxy groups -OCH3 is 2. The van der Waals surface area contributed by atoms with Gasteiger partial charge in [-0.3, -0.25) is 4.79 Å². The molecule has 0 aliphatic heterocycles. The van der Waals surface area contributed by atoms with Gasteiger partial charge in [-0.15, -0.1) is 0 Å². The molecule has 2 atom stereocenters. The first-order valence-electron chi connectivity index (χ1n) is 11.8. The summed E-state index contributed by atoms with van der Waals surface area (Å²) in [4.78, 5) is 14.1. The zero-order chi connectivity index (χ0) is 24.1. The Morgan fingerprint density at radius 1 is 1.00 bits per heavy atom. The van der Waals surface area contributed by atoms with Gasteiger partial charge in [-0.05, 0) is 54.7 Å². The van der Waals surface area contributed by atoms with Gasteiger partial charge in [0.1, 0.15) is 5.75 Å². The summed E-state index contributed by atoms with van der Waals surface area (Å²) in [6.45, 7) is 10.5. The van der Waals surface area contributed by atoms with Crippen LogP contribution in [0.1, 0.15) is 51.7 Å². The van der Waals surface area contributed by atoms with E-state index in [1.54, 1.807) is 19.1 Å². The highest BCUT2D eigenvalue weighted by molar-refractivity contribution is 5.78. The molecule has 1 aromatic carbocycles. The largest absolute Gasteiger partial charge is 0.496 e. The fraction of sp³-hybridized carbons (Fsp3) is 0.667. The molecule has 0 saturated heterocycles. The standard InChI is InChI=1S/C27H45NO4/c1-20(2)23(11-9-10-12-25(21(3)4)27(29)28(5)6)17-22-13-14-26(31-8)24(18-22)19-32-16-15-30-7/h9-10,13-14,18,20-21,23,25H,11-12,15-17,19H2,1-8H3/b10-9+/t23-,25+/m1/s1. The zero-order valence-corrected chi connectivity index (χ0v) is 21.5. The second-order valence-corrected chi connectivity index (χ2v) is 9.43. The van der Waals surface area contributed by atoms with Crippen molar-refractivity contribution in [1.29, 1.82) is 0 Å². The van der Waals surface area contributed by atoms with Crippen molar-refractivity contribution >= 4 is 5.91 Å². The van der Waals surface area contributed by atoms with Crippen molar-refractivity contribution in [2.45, 2.75) is 53.6 Å². The third-order valence-corrected chi connectivity index (χ3v) is 6.03. The van der Waals surface area contributed by atoms with Crippen LogP contribution in [0.4, 0.5) is 0 Å². The Hall–Kier alpha value is -1.85. The van der Waals surface area contributed by atoms with E-state index in [0.29, 0.717) is 37.6 Å². The fourth-order valence-corrected chi connectivity index (χ4v) is 3.79. The van der Waals surface area contributed by atoms with Gasteiger partial charge in [0.15, 0.2) is 0 Å². The maximum Gasteiger partial charge on any atom is 0.225 e. The molecule has 0 aromatic heterocycles. The van der Waals surface area contributed by atoms with Gasteiger partial charge in [0.2, 0.25) is 5.91 Å². The Morgan fingerprint density at radius 3 is 2.25 bits per heavy atom. The van der Waals surface area contributed by atoms with E-state index in [1.807, 2.05) is 20.2 Å². The summed E-state index contributed by atoms with van der Waals surface area (Å²) in [5, 5.41) is 0. The molecule has 0 aliphatic carbocycles. The lowest BCUT2D eigenvalue weighted by atomic mass is 9.85. The van der Waals surface area contributed by atoms with E-state index in [-0.39, 0.29) is 11.8 Å². The Balaban J connectivity index is 2.78. The van der Waals surface area contributed by atoms with Crippen LogP contribution in [-0.4, -0.2) is 52.3 Å². The number of rotatable bonds is 15. The highest BCUT2D eigenvalue weighted by Crippen LogP contribution is 2.26. The number of allylic oxidation sites excluding steroid dienone is 2. The second-order valence-electron chi connectivity index (χ2n) is 9.43. The van der Waals surface area contributed by atoms with Crippen LogP contribution in [0.15, 0.2) is 30.4 Å². The number of hydrogen-bond acceptors (Lipinski definition) is 4. The van der Waals surface area contributed by atoms with E-state index in [0.717, 1.165) is 30.6 Å². The lowest BCUT2D eigenvalue weighted by Crippen LogP contribution is -2.32. The molecule has 0 bridgehead atoms. The van der Waals surface area contributed by atoms with Crippen LogP contribution in [0.5, 0.6) is 5.75 Å². The first kappa shape index (κ1) is 28.2. The Kier molecular flexibility index (Phi) is 13.3. The molecule has 1 aromatic rings. The zero-order valence-electron chi connectivity index (χ0n) is 21.5. The summed E-state index contributed by atoms with van der Waals surface area (Å²) in [5.74, 6) is 2.54. The quantitative estimate of drug-likeness (QED) is 0.268. The van der Waals surface area contributed by atoms with Gasteiger partial charge < -0.3 is 19.1 Å². The summed E-state index contributed by atoms with van der Waals surface area (Å²) in [5.41, 5.74) is 2.37. The highest BCUT2D eigenvalue weighted by Gasteiger charge is 2.22. The smallest absolute Gasteiger partial charge is 0.225 e. The Bertz CT molecular complexity index is 697. The number of nitrogens with zero attached hydrogens (tertiary/aromatic N) is 1. The first-order valence-corrected chi connectivity index (χ1v) is 11.8. The number of hydrogen-bond donors (Lipinski definition) is 0. The van der Waals surface area contributed by atoms with E-state index in [4.69, 9.17) is 14.2 Å². The van der Waals surface area contributed by atoms with Gasteiger partial charge in [0.05, 0.1) is 26.9 Å². The molecule has 0 fully saturated rings. The minimum absolute atomic E-state index is 0.0426. The monoisotopic (exact) mass is 447 g/mol. The van der Waals surface area contributed by atoms with E-state index in [2.05, 4.69) is 52.0 Å². The average molecular weight is 448 g/mol. The van der Waals surface area contributed by atoms with Gasteiger partial charge in [0.25, 0.3) is 0 Å². The number of ether oxygens (including phenoxy) is 3. The molecule has 1 rings (SSSR count). The van der Waals surface area contributed by atoms with Crippen LogP contribution in [0.3, 0.4) is 0 Å². The molecule has 0 heterocycles. The van der Waals surface area contributed by atoms with Crippen molar-refractivity contribution < 1.29 is 19.0 Å². The summed E-state index contributed by atoms with van der Waals surface area (Å²) >= 11 is 0. The van der Waals surface area contributed by atoms with Crippen LogP contribution in [0, 0.1) is 23.7 Å². The molecule has 0 N–H and O–H groups in total. The van der Waals surface area contributed by atoms with Gasteiger partial charge in [-0.1, -0.05) is 45.9 Å². The van der Waals surface area contributed by atoms with Crippen LogP contribution in [0.25, 0.3) is 0 Å². The lowest BCUT2D eigenvalue weighted by Gasteiger charge is -2.23. The van der Waals surface area contributed by atoms with Crippen molar-refractivity contribution in [2.75, 3.05) is 41.5 Å². The van der Waals surface area contributed by atoms with Crippen LogP contribution >= 0.6 is 0 Å². The maximum absolute atomic E-state index is 12.4. The van der Waals surface area contributed by atoms with Gasteiger partial charge >= 0.3 is 0 Å². The molecule has 0 spiro atoms. The molecular weight excluding hydrogens is 402 g/mol. The third-order valence-electron chi connectivity index (χ3n) is 6.03. The molecular formula is C27H45NO4. The SMILES string of the molecule is COCCOCc1cc(C[C@@H](C/C=C/C[C@H](C(=O)N(C)C)C(C)C)C(C)C)ccc1OC. The summed E-state index contributed by atoms with van der Waals surface area (Å²) in [7, 11) is 7.04. The van der Waals surface area contributed by atoms with Crippen LogP contribution in [0.2, 0.25) is 0 Å². The molecule has 0 saturated carbocycles. The van der Waals surface area contributed by atoms with Gasteiger partial charge in [-0.2, -0.15) is 0 Å². The molecule has 5 heteroatoms. The molecule has 32 heavy (non-hydrogen) atoms. The topological polar surface area (TPSA) is 48.0 Å². The van der Waals surface area contributed by atoms with E-state index in [1.165, 1.54) is 5.56 Å². The van der Waals surface area contributed by atoms with E-state index in [9.17, 15) is 4.79 Å². The van der Waals surface area contributed by atoms with Crippen LogP contribution in [-0.2, 0) is 27.3 Å². The average Bonchev–Trinajstić information content (AvgIpc) is 2.75. The number of benzene rings is 1. The molecule has 0 radical (unpaired) electrons. The Labute approximate surface area is 196 Å². The predicted octanol–water partition coefficient (Wildman–Crippen LogP) is 5.37. The van der Waals surface area contributed by atoms with E-state index >= 15 is 0 Å². The minimum atomic E-state index is 0.0426. The molecule has 0 aliphatic rings. The molecule has 5 nitrogen and oxygen atoms in total. The highest BCUT2D eigenvalue weighted by atomic mass is 16.5. The predicted molar refractivity (Wildman–Crippen MR) is 132 cm³/mol. The van der Waals surface area contributed by atoms with Crippen molar-refractivity contribution in [1.82, 2.24) is 4.90 Å². The molecule has 1 amide bonds. The lowest BCUT2D eigenvalue weighted by molar-refractivity contribution is -0.134. The third kappa shape index (κ3) is 9.74. The van der Waals surface area contributed by atoms with Gasteiger partial charge in [-0.25, -0.2) is 0 Å². The van der Waals surface area contributed by atoms with Crippen molar-refractivity contribution in [3.05, 3.63) is 41.5 Å². The second kappa shape index (κ2) is 15.1. The Morgan fingerprint density at radius 2 is 1.69 bits per heavy atom. The van der Waals surface area contributed by atoms with Crippen molar-refractivity contribution in [3.8, 4) is 5.75 Å². The fourth-order valence-electron chi connectivity index (χ4n) is 3.79. The molecule has 0 unspecified atom stereocenters. The van der Waals surface area contributed by atoms with Crippen molar-refractivity contribution in [3.63, 3.8) is 0 Å². The summed E-state index contributed by atoms with van der Waals surface area (Å²) in [6, 6.07) is 6.40. The number of amides is 1. The van der Waals surface area contributed by atoms with Crippen molar-refractivity contribution in [2.24, 2.45) is 23.7 Å². The maximum atomic E-state index is 12.4. The summed E-state index contributed by atoms with van der Waals surface area (Å²) < 4.78 is 16.3. The first-order chi connectivity index (χ1) is 15.2. The van der Waals surface area contributed by atoms with E-state index < -0.39 is 0 Å². The number of carbonyl (C=O) groups excluding carboxylic acids is 1. The number of carbonyl (C=O) groups is 1. The van der Waals surface area contributed by atoms with Gasteiger partial charge in [0, 0.05) is 32.7 Å². The molecule has 182 valence electrons.